The number of carbonyl (C=O) groups is 1. The molecule has 3 aromatic rings. The molecule has 1 N–H and O–H groups in total. The minimum atomic E-state index is -3.50. The fourth-order valence-corrected chi connectivity index (χ4v) is 4.77. The van der Waals surface area contributed by atoms with Crippen LogP contribution in [-0.4, -0.2) is 41.3 Å². The van der Waals surface area contributed by atoms with Crippen LogP contribution in [0, 0.1) is 5.82 Å². The van der Waals surface area contributed by atoms with Crippen LogP contribution in [0.5, 0.6) is 0 Å². The topological polar surface area (TPSA) is 84.3 Å². The third-order valence-corrected chi connectivity index (χ3v) is 6.70. The molecular formula is C20H19FN4O3S. The van der Waals surface area contributed by atoms with Crippen molar-refractivity contribution in [2.45, 2.75) is 17.7 Å². The number of anilines is 1. The fraction of sp³-hybridized carbons (Fsp3) is 0.200. The summed E-state index contributed by atoms with van der Waals surface area (Å²) in [6.45, 7) is 1.07. The summed E-state index contributed by atoms with van der Waals surface area (Å²) < 4.78 is 41.3. The first-order chi connectivity index (χ1) is 13.9. The first kappa shape index (κ1) is 19.3. The van der Waals surface area contributed by atoms with Gasteiger partial charge in [-0.3, -0.25) is 9.36 Å². The van der Waals surface area contributed by atoms with E-state index in [1.165, 1.54) is 41.1 Å². The molecule has 1 aromatic heterocycles. The Bertz CT molecular complexity index is 1120. The molecule has 150 valence electrons. The second-order valence-electron chi connectivity index (χ2n) is 6.71. The van der Waals surface area contributed by atoms with E-state index < -0.39 is 15.9 Å². The van der Waals surface area contributed by atoms with Crippen molar-refractivity contribution in [1.82, 2.24) is 13.9 Å². The molecule has 2 aromatic carbocycles. The number of halogens is 1. The van der Waals surface area contributed by atoms with Crippen molar-refractivity contribution >= 4 is 21.6 Å². The number of benzene rings is 2. The van der Waals surface area contributed by atoms with Crippen LogP contribution in [0.3, 0.4) is 0 Å². The van der Waals surface area contributed by atoms with Crippen molar-refractivity contribution < 1.29 is 17.6 Å². The van der Waals surface area contributed by atoms with Gasteiger partial charge in [-0.1, -0.05) is 0 Å². The Morgan fingerprint density at radius 2 is 1.66 bits per heavy atom. The molecular weight excluding hydrogens is 395 g/mol. The average Bonchev–Trinajstić information content (AvgIpc) is 3.41. The third-order valence-electron chi connectivity index (χ3n) is 4.79. The molecule has 0 saturated carbocycles. The zero-order valence-corrected chi connectivity index (χ0v) is 16.3. The summed E-state index contributed by atoms with van der Waals surface area (Å²) in [5.74, 6) is -0.786. The average molecular weight is 414 g/mol. The molecule has 29 heavy (non-hydrogen) atoms. The molecule has 0 bridgehead atoms. The summed E-state index contributed by atoms with van der Waals surface area (Å²) in [5.41, 5.74) is 1.33. The number of nitrogens with zero attached hydrogens (tertiary/aromatic N) is 3. The number of carbonyl (C=O) groups excluding carboxylic acids is 1. The molecule has 1 saturated heterocycles. The molecule has 2 heterocycles. The smallest absolute Gasteiger partial charge is 0.274 e. The van der Waals surface area contributed by atoms with Crippen molar-refractivity contribution in [3.05, 3.63) is 72.6 Å². The molecule has 0 atom stereocenters. The highest BCUT2D eigenvalue weighted by molar-refractivity contribution is 7.89. The molecule has 9 heteroatoms. The van der Waals surface area contributed by atoms with E-state index in [0.717, 1.165) is 12.8 Å². The highest BCUT2D eigenvalue weighted by Gasteiger charge is 2.27. The van der Waals surface area contributed by atoms with Crippen LogP contribution >= 0.6 is 0 Å². The van der Waals surface area contributed by atoms with Crippen molar-refractivity contribution in [1.29, 1.82) is 0 Å². The predicted molar refractivity (Wildman–Crippen MR) is 106 cm³/mol. The maximum atomic E-state index is 13.1. The maximum absolute atomic E-state index is 13.1. The standard InChI is InChI=1S/C20H19FN4O3S/c21-15-3-7-17(8-4-15)25-14-22-13-19(25)20(26)23-16-5-9-18(10-6-16)29(27,28)24-11-1-2-12-24/h3-10,13-14H,1-2,11-12H2,(H,23,26). The van der Waals surface area contributed by atoms with Crippen LogP contribution < -0.4 is 5.32 Å². The van der Waals surface area contributed by atoms with Crippen molar-refractivity contribution in [3.63, 3.8) is 0 Å². The maximum Gasteiger partial charge on any atom is 0.274 e. The number of imidazole rings is 1. The van der Waals surface area contributed by atoms with Crippen LogP contribution in [0.4, 0.5) is 10.1 Å². The zero-order valence-electron chi connectivity index (χ0n) is 15.5. The van der Waals surface area contributed by atoms with E-state index in [4.69, 9.17) is 0 Å². The van der Waals surface area contributed by atoms with Crippen molar-refractivity contribution in [3.8, 4) is 5.69 Å². The molecule has 0 aliphatic carbocycles. The Kier molecular flexibility index (Phi) is 5.16. The molecule has 4 rings (SSSR count). The van der Waals surface area contributed by atoms with Gasteiger partial charge in [-0.2, -0.15) is 4.31 Å². The quantitative estimate of drug-likeness (QED) is 0.696. The van der Waals surface area contributed by atoms with E-state index in [-0.39, 0.29) is 16.4 Å². The van der Waals surface area contributed by atoms with Gasteiger partial charge >= 0.3 is 0 Å². The van der Waals surface area contributed by atoms with Gasteiger partial charge in [-0.05, 0) is 61.4 Å². The van der Waals surface area contributed by atoms with Crippen LogP contribution in [0.2, 0.25) is 0 Å². The highest BCUT2D eigenvalue weighted by atomic mass is 32.2. The molecule has 1 aliphatic heterocycles. The van der Waals surface area contributed by atoms with Crippen LogP contribution in [0.25, 0.3) is 5.69 Å². The third kappa shape index (κ3) is 3.92. The number of rotatable bonds is 5. The van der Waals surface area contributed by atoms with Crippen LogP contribution in [0.15, 0.2) is 66.0 Å². The monoisotopic (exact) mass is 414 g/mol. The van der Waals surface area contributed by atoms with Crippen LogP contribution in [0.1, 0.15) is 23.3 Å². The van der Waals surface area contributed by atoms with Crippen molar-refractivity contribution in [2.75, 3.05) is 18.4 Å². The lowest BCUT2D eigenvalue weighted by atomic mass is 10.3. The van der Waals surface area contributed by atoms with E-state index in [9.17, 15) is 17.6 Å². The Hall–Kier alpha value is -3.04. The second kappa shape index (κ2) is 7.76. The van der Waals surface area contributed by atoms with Crippen molar-refractivity contribution in [2.24, 2.45) is 0 Å². The number of hydrogen-bond acceptors (Lipinski definition) is 4. The number of amides is 1. The molecule has 1 fully saturated rings. The SMILES string of the molecule is O=C(Nc1ccc(S(=O)(=O)N2CCCC2)cc1)c1cncn1-c1ccc(F)cc1. The molecule has 7 nitrogen and oxygen atoms in total. The molecule has 1 aliphatic rings. The molecule has 0 radical (unpaired) electrons. The van der Waals surface area contributed by atoms with E-state index in [1.807, 2.05) is 0 Å². The summed E-state index contributed by atoms with van der Waals surface area (Å²) in [4.78, 5) is 16.9. The van der Waals surface area contributed by atoms with Gasteiger partial charge in [0.15, 0.2) is 0 Å². The highest BCUT2D eigenvalue weighted by Crippen LogP contribution is 2.22. The van der Waals surface area contributed by atoms with Crippen LogP contribution in [-0.2, 0) is 10.0 Å². The summed E-state index contributed by atoms with van der Waals surface area (Å²) in [5, 5.41) is 2.73. The van der Waals surface area contributed by atoms with Gasteiger partial charge in [0.1, 0.15) is 11.5 Å². The number of aromatic nitrogens is 2. The van der Waals surface area contributed by atoms with E-state index in [2.05, 4.69) is 10.3 Å². The summed E-state index contributed by atoms with van der Waals surface area (Å²) in [6, 6.07) is 11.8. The number of hydrogen-bond donors (Lipinski definition) is 1. The molecule has 1 amide bonds. The Balaban J connectivity index is 1.51. The van der Waals surface area contributed by atoms with E-state index >= 15 is 0 Å². The lowest BCUT2D eigenvalue weighted by molar-refractivity contribution is 0.102. The summed E-state index contributed by atoms with van der Waals surface area (Å²) >= 11 is 0. The predicted octanol–water partition coefficient (Wildman–Crippen LogP) is 3.05. The van der Waals surface area contributed by atoms with E-state index in [1.54, 1.807) is 28.8 Å². The Morgan fingerprint density at radius 1 is 1.00 bits per heavy atom. The van der Waals surface area contributed by atoms with Gasteiger partial charge in [0.2, 0.25) is 10.0 Å². The summed E-state index contributed by atoms with van der Waals surface area (Å²) in [7, 11) is -3.50. The lowest BCUT2D eigenvalue weighted by Crippen LogP contribution is -2.27. The van der Waals surface area contributed by atoms with Gasteiger partial charge in [0.05, 0.1) is 17.4 Å². The van der Waals surface area contributed by atoms with Gasteiger partial charge in [-0.25, -0.2) is 17.8 Å². The minimum absolute atomic E-state index is 0.203. The Labute approximate surface area is 167 Å². The van der Waals surface area contributed by atoms with Gasteiger partial charge in [0.25, 0.3) is 5.91 Å². The van der Waals surface area contributed by atoms with E-state index in [0.29, 0.717) is 24.5 Å². The normalized spacial score (nSPS) is 14.8. The molecule has 0 spiro atoms. The first-order valence-electron chi connectivity index (χ1n) is 9.15. The minimum Gasteiger partial charge on any atom is -0.321 e. The summed E-state index contributed by atoms with van der Waals surface area (Å²) in [6.07, 6.45) is 4.61. The van der Waals surface area contributed by atoms with Gasteiger partial charge in [0, 0.05) is 24.5 Å². The lowest BCUT2D eigenvalue weighted by Gasteiger charge is -2.15. The van der Waals surface area contributed by atoms with Gasteiger partial charge in [-0.15, -0.1) is 0 Å². The fourth-order valence-electron chi connectivity index (χ4n) is 3.25. The van der Waals surface area contributed by atoms with Gasteiger partial charge < -0.3 is 5.32 Å². The second-order valence-corrected chi connectivity index (χ2v) is 8.65. The molecule has 0 unspecified atom stereocenters. The Morgan fingerprint density at radius 3 is 2.31 bits per heavy atom. The number of nitrogens with one attached hydrogen (secondary N) is 1. The largest absolute Gasteiger partial charge is 0.321 e. The first-order valence-corrected chi connectivity index (χ1v) is 10.6. The zero-order chi connectivity index (χ0) is 20.4. The number of sulfonamides is 1.